The summed E-state index contributed by atoms with van der Waals surface area (Å²) in [4.78, 5) is 15.2. The van der Waals surface area contributed by atoms with Gasteiger partial charge in [0.15, 0.2) is 5.78 Å². The predicted molar refractivity (Wildman–Crippen MR) is 65.0 cm³/mol. The molecule has 0 amide bonds. The summed E-state index contributed by atoms with van der Waals surface area (Å²) < 4.78 is 18.9. The normalized spacial score (nSPS) is 10.1. The van der Waals surface area contributed by atoms with Gasteiger partial charge in [-0.3, -0.25) is 9.78 Å². The largest absolute Gasteiger partial charge is 0.487 e. The Bertz CT molecular complexity index is 555. The Morgan fingerprint density at radius 1 is 1.33 bits per heavy atom. The van der Waals surface area contributed by atoms with Gasteiger partial charge in [-0.05, 0) is 31.2 Å². The summed E-state index contributed by atoms with van der Waals surface area (Å²) in [5, 5.41) is 0. The molecule has 92 valence electrons. The van der Waals surface area contributed by atoms with Gasteiger partial charge in [-0.25, -0.2) is 4.39 Å². The van der Waals surface area contributed by atoms with Crippen molar-refractivity contribution in [2.24, 2.45) is 0 Å². The van der Waals surface area contributed by atoms with Crippen LogP contribution in [0.4, 0.5) is 4.39 Å². The first-order chi connectivity index (χ1) is 8.66. The molecule has 1 heterocycles. The second kappa shape index (κ2) is 5.40. The number of benzene rings is 1. The van der Waals surface area contributed by atoms with Gasteiger partial charge < -0.3 is 4.74 Å². The van der Waals surface area contributed by atoms with E-state index in [0.29, 0.717) is 5.75 Å². The Balaban J connectivity index is 2.07. The van der Waals surface area contributed by atoms with Crippen LogP contribution in [0.15, 0.2) is 42.6 Å². The van der Waals surface area contributed by atoms with E-state index in [4.69, 9.17) is 4.74 Å². The molecule has 0 unspecified atom stereocenters. The number of pyridine rings is 1. The molecule has 0 aliphatic carbocycles. The Morgan fingerprint density at radius 3 is 2.78 bits per heavy atom. The number of ether oxygens (including phenoxy) is 1. The first-order valence-electron chi connectivity index (χ1n) is 5.50. The first kappa shape index (κ1) is 12.2. The smallest absolute Gasteiger partial charge is 0.162 e. The molecule has 0 aliphatic heterocycles. The molecule has 1 aromatic carbocycles. The van der Waals surface area contributed by atoms with Gasteiger partial charge in [-0.15, -0.1) is 0 Å². The fraction of sp³-hybridized carbons (Fsp3) is 0.143. The third-order valence-corrected chi connectivity index (χ3v) is 2.43. The molecule has 2 aromatic rings. The van der Waals surface area contributed by atoms with E-state index in [-0.39, 0.29) is 18.0 Å². The number of hydrogen-bond donors (Lipinski definition) is 0. The number of hydrogen-bond acceptors (Lipinski definition) is 3. The van der Waals surface area contributed by atoms with E-state index in [1.54, 1.807) is 12.3 Å². The molecule has 0 N–H and O–H groups in total. The lowest BCUT2D eigenvalue weighted by atomic mass is 10.1. The van der Waals surface area contributed by atoms with Crippen LogP contribution in [0.2, 0.25) is 0 Å². The third kappa shape index (κ3) is 2.91. The molecule has 0 radical (unpaired) electrons. The monoisotopic (exact) mass is 245 g/mol. The van der Waals surface area contributed by atoms with Gasteiger partial charge in [0.1, 0.15) is 18.2 Å². The number of halogens is 1. The number of carbonyl (C=O) groups excluding carboxylic acids is 1. The molecule has 4 heteroatoms. The highest BCUT2D eigenvalue weighted by molar-refractivity contribution is 5.94. The molecule has 0 saturated carbocycles. The van der Waals surface area contributed by atoms with Crippen molar-refractivity contribution < 1.29 is 13.9 Å². The van der Waals surface area contributed by atoms with Crippen LogP contribution in [0.5, 0.6) is 5.75 Å². The van der Waals surface area contributed by atoms with Crippen LogP contribution in [0.3, 0.4) is 0 Å². The van der Waals surface area contributed by atoms with E-state index in [9.17, 15) is 9.18 Å². The zero-order chi connectivity index (χ0) is 13.0. The number of aromatic nitrogens is 1. The maximum atomic E-state index is 13.5. The topological polar surface area (TPSA) is 39.2 Å². The third-order valence-electron chi connectivity index (χ3n) is 2.43. The molecule has 0 saturated heterocycles. The summed E-state index contributed by atoms with van der Waals surface area (Å²) in [6, 6.07) is 9.68. The van der Waals surface area contributed by atoms with Crippen molar-refractivity contribution in [2.75, 3.05) is 0 Å². The second-order valence-electron chi connectivity index (χ2n) is 3.81. The zero-order valence-electron chi connectivity index (χ0n) is 9.89. The van der Waals surface area contributed by atoms with Crippen LogP contribution < -0.4 is 4.74 Å². The molecule has 0 fully saturated rings. The summed E-state index contributed by atoms with van der Waals surface area (Å²) in [6.45, 7) is 1.59. The zero-order valence-corrected chi connectivity index (χ0v) is 9.89. The van der Waals surface area contributed by atoms with Crippen LogP contribution in [-0.4, -0.2) is 10.8 Å². The van der Waals surface area contributed by atoms with E-state index >= 15 is 0 Å². The number of ketones is 1. The van der Waals surface area contributed by atoms with Gasteiger partial charge in [0.25, 0.3) is 0 Å². The average Bonchev–Trinajstić information content (AvgIpc) is 2.37. The molecule has 2 rings (SSSR count). The fourth-order valence-corrected chi connectivity index (χ4v) is 1.51. The van der Waals surface area contributed by atoms with Crippen LogP contribution >= 0.6 is 0 Å². The summed E-state index contributed by atoms with van der Waals surface area (Å²) in [5.74, 6) is -0.493. The van der Waals surface area contributed by atoms with Gasteiger partial charge >= 0.3 is 0 Å². The van der Waals surface area contributed by atoms with Crippen LogP contribution in [0.1, 0.15) is 23.0 Å². The summed E-state index contributed by atoms with van der Waals surface area (Å²) in [6.07, 6.45) is 1.66. The van der Waals surface area contributed by atoms with Crippen molar-refractivity contribution in [3.05, 3.63) is 59.7 Å². The molecular formula is C14H12FNO2. The predicted octanol–water partition coefficient (Wildman–Crippen LogP) is 3.00. The number of Topliss-reactive ketones (excluding diaryl/α,β-unsaturated/α-hetero) is 1. The van der Waals surface area contributed by atoms with Crippen molar-refractivity contribution in [3.63, 3.8) is 0 Å². The van der Waals surface area contributed by atoms with E-state index in [1.807, 2.05) is 18.2 Å². The summed E-state index contributed by atoms with van der Waals surface area (Å²) in [7, 11) is 0. The van der Waals surface area contributed by atoms with Crippen LogP contribution in [0, 0.1) is 5.82 Å². The second-order valence-corrected chi connectivity index (χ2v) is 3.81. The van der Waals surface area contributed by atoms with Gasteiger partial charge in [0, 0.05) is 12.3 Å². The van der Waals surface area contributed by atoms with E-state index in [1.165, 1.54) is 19.1 Å². The van der Waals surface area contributed by atoms with E-state index in [2.05, 4.69) is 4.98 Å². The average molecular weight is 245 g/mol. The van der Waals surface area contributed by atoms with Gasteiger partial charge in [0.2, 0.25) is 0 Å². The molecule has 0 atom stereocenters. The van der Waals surface area contributed by atoms with E-state index < -0.39 is 5.82 Å². The summed E-state index contributed by atoms with van der Waals surface area (Å²) >= 11 is 0. The molecular weight excluding hydrogens is 233 g/mol. The quantitative estimate of drug-likeness (QED) is 0.777. The van der Waals surface area contributed by atoms with Crippen molar-refractivity contribution >= 4 is 5.78 Å². The van der Waals surface area contributed by atoms with Gasteiger partial charge in [0.05, 0.1) is 11.3 Å². The highest BCUT2D eigenvalue weighted by Crippen LogP contribution is 2.18. The SMILES string of the molecule is CC(=O)c1ccc(OCc2ccccn2)cc1F. The van der Waals surface area contributed by atoms with Gasteiger partial charge in [-0.1, -0.05) is 6.07 Å². The Morgan fingerprint density at radius 2 is 2.17 bits per heavy atom. The lowest BCUT2D eigenvalue weighted by molar-refractivity contribution is 0.101. The molecule has 1 aromatic heterocycles. The molecule has 0 spiro atoms. The highest BCUT2D eigenvalue weighted by atomic mass is 19.1. The minimum absolute atomic E-state index is 0.0696. The maximum Gasteiger partial charge on any atom is 0.162 e. The Hall–Kier alpha value is -2.23. The first-order valence-corrected chi connectivity index (χ1v) is 5.50. The molecule has 18 heavy (non-hydrogen) atoms. The van der Waals surface area contributed by atoms with Crippen LogP contribution in [-0.2, 0) is 6.61 Å². The van der Waals surface area contributed by atoms with E-state index in [0.717, 1.165) is 5.69 Å². The minimum Gasteiger partial charge on any atom is -0.487 e. The lowest BCUT2D eigenvalue weighted by Gasteiger charge is -2.06. The molecule has 3 nitrogen and oxygen atoms in total. The van der Waals surface area contributed by atoms with Crippen LogP contribution in [0.25, 0.3) is 0 Å². The molecule has 0 bridgehead atoms. The van der Waals surface area contributed by atoms with Crippen molar-refractivity contribution in [3.8, 4) is 5.75 Å². The number of nitrogens with zero attached hydrogens (tertiary/aromatic N) is 1. The van der Waals surface area contributed by atoms with Crippen molar-refractivity contribution in [1.29, 1.82) is 0 Å². The minimum atomic E-state index is -0.568. The summed E-state index contributed by atoms with van der Waals surface area (Å²) in [5.41, 5.74) is 0.828. The highest BCUT2D eigenvalue weighted by Gasteiger charge is 2.08. The number of rotatable bonds is 4. The lowest BCUT2D eigenvalue weighted by Crippen LogP contribution is -2.00. The standard InChI is InChI=1S/C14H12FNO2/c1-10(17)13-6-5-12(8-14(13)15)18-9-11-4-2-3-7-16-11/h2-8H,9H2,1H3. The van der Waals surface area contributed by atoms with Crippen molar-refractivity contribution in [1.82, 2.24) is 4.98 Å². The van der Waals surface area contributed by atoms with Crippen molar-refractivity contribution in [2.45, 2.75) is 13.5 Å². The number of carbonyl (C=O) groups is 1. The maximum absolute atomic E-state index is 13.5. The molecule has 0 aliphatic rings. The Kier molecular flexibility index (Phi) is 3.67. The fourth-order valence-electron chi connectivity index (χ4n) is 1.51. The Labute approximate surface area is 104 Å². The van der Waals surface area contributed by atoms with Gasteiger partial charge in [-0.2, -0.15) is 0 Å².